The van der Waals surface area contributed by atoms with E-state index in [9.17, 15) is 4.79 Å². The van der Waals surface area contributed by atoms with E-state index >= 15 is 0 Å². The van der Waals surface area contributed by atoms with Gasteiger partial charge in [0.05, 0.1) is 5.92 Å². The number of carbonyl (C=O) groups is 1. The smallest absolute Gasteiger partial charge is 0.306 e. The predicted octanol–water partition coefficient (Wildman–Crippen LogP) is 2.03. The third kappa shape index (κ3) is 1.80. The molecule has 1 atom stereocenters. The summed E-state index contributed by atoms with van der Waals surface area (Å²) in [5.74, 6) is -0.936. The number of carboxylic acids is 1. The van der Waals surface area contributed by atoms with Gasteiger partial charge < -0.3 is 5.11 Å². The average molecular weight is 256 g/mol. The van der Waals surface area contributed by atoms with Crippen molar-refractivity contribution in [3.8, 4) is 0 Å². The Morgan fingerprint density at radius 3 is 3.14 bits per heavy atom. The fourth-order valence-corrected chi connectivity index (χ4v) is 2.18. The molecule has 0 fully saturated rings. The largest absolute Gasteiger partial charge is 0.481 e. The first kappa shape index (κ1) is 9.65. The number of fused-ring (bicyclic) bond motifs is 1. The topological polar surface area (TPSA) is 50.2 Å². The summed E-state index contributed by atoms with van der Waals surface area (Å²) < 4.78 is 0.919. The molecule has 1 aromatic rings. The van der Waals surface area contributed by atoms with E-state index in [0.717, 1.165) is 22.2 Å². The quantitative estimate of drug-likeness (QED) is 0.836. The van der Waals surface area contributed by atoms with E-state index in [2.05, 4.69) is 20.9 Å². The van der Waals surface area contributed by atoms with Crippen molar-refractivity contribution in [2.45, 2.75) is 19.3 Å². The predicted molar refractivity (Wildman–Crippen MR) is 55.1 cm³/mol. The molecule has 4 heteroatoms. The summed E-state index contributed by atoms with van der Waals surface area (Å²) in [7, 11) is 0. The van der Waals surface area contributed by atoms with Crippen molar-refractivity contribution in [3.05, 3.63) is 28.0 Å². The van der Waals surface area contributed by atoms with Crippen LogP contribution in [0.25, 0.3) is 0 Å². The van der Waals surface area contributed by atoms with Crippen molar-refractivity contribution in [2.24, 2.45) is 5.92 Å². The molecule has 0 spiro atoms. The Morgan fingerprint density at radius 2 is 2.43 bits per heavy atom. The van der Waals surface area contributed by atoms with Crippen LogP contribution in [0.15, 0.2) is 16.7 Å². The van der Waals surface area contributed by atoms with Gasteiger partial charge in [0, 0.05) is 16.4 Å². The molecule has 0 saturated heterocycles. The first-order valence-electron chi connectivity index (χ1n) is 4.53. The van der Waals surface area contributed by atoms with Crippen LogP contribution in [0.1, 0.15) is 17.7 Å². The van der Waals surface area contributed by atoms with Gasteiger partial charge in [-0.2, -0.15) is 0 Å². The van der Waals surface area contributed by atoms with Crippen LogP contribution in [0.4, 0.5) is 0 Å². The second-order valence-electron chi connectivity index (χ2n) is 3.54. The van der Waals surface area contributed by atoms with Crippen molar-refractivity contribution in [2.75, 3.05) is 0 Å². The summed E-state index contributed by atoms with van der Waals surface area (Å²) in [6.07, 6.45) is 3.85. The first-order valence-corrected chi connectivity index (χ1v) is 5.32. The molecule has 1 aromatic heterocycles. The Hall–Kier alpha value is -0.900. The molecule has 3 nitrogen and oxygen atoms in total. The fourth-order valence-electron chi connectivity index (χ4n) is 1.80. The number of carboxylic acid groups (broad SMARTS) is 1. The highest BCUT2D eigenvalue weighted by Gasteiger charge is 2.24. The lowest BCUT2D eigenvalue weighted by Crippen LogP contribution is -2.22. The molecule has 0 aliphatic heterocycles. The normalized spacial score (nSPS) is 20.2. The molecule has 0 radical (unpaired) electrons. The van der Waals surface area contributed by atoms with E-state index in [1.54, 1.807) is 6.20 Å². The molecule has 1 aliphatic rings. The minimum Gasteiger partial charge on any atom is -0.481 e. The van der Waals surface area contributed by atoms with E-state index < -0.39 is 5.97 Å². The molecule has 1 N–H and O–H groups in total. The van der Waals surface area contributed by atoms with Gasteiger partial charge in [-0.15, -0.1) is 0 Å². The van der Waals surface area contributed by atoms with E-state index in [-0.39, 0.29) is 5.92 Å². The van der Waals surface area contributed by atoms with Gasteiger partial charge in [-0.25, -0.2) is 0 Å². The van der Waals surface area contributed by atoms with Gasteiger partial charge in [0.1, 0.15) is 0 Å². The van der Waals surface area contributed by atoms with Crippen molar-refractivity contribution in [3.63, 3.8) is 0 Å². The van der Waals surface area contributed by atoms with Crippen LogP contribution in [0.2, 0.25) is 0 Å². The lowest BCUT2D eigenvalue weighted by Gasteiger charge is -2.20. The number of hydrogen-bond donors (Lipinski definition) is 1. The third-order valence-corrected chi connectivity index (χ3v) is 3.01. The second kappa shape index (κ2) is 3.69. The third-order valence-electron chi connectivity index (χ3n) is 2.57. The molecule has 0 bridgehead atoms. The number of nitrogens with zero attached hydrogens (tertiary/aromatic N) is 1. The Bertz CT molecular complexity index is 378. The molecule has 0 aromatic carbocycles. The van der Waals surface area contributed by atoms with E-state index in [4.69, 9.17) is 5.11 Å². The number of rotatable bonds is 1. The van der Waals surface area contributed by atoms with Gasteiger partial charge in [0.25, 0.3) is 0 Å². The maximum atomic E-state index is 10.8. The minimum atomic E-state index is -0.698. The van der Waals surface area contributed by atoms with Gasteiger partial charge in [-0.3, -0.25) is 9.78 Å². The molecule has 14 heavy (non-hydrogen) atoms. The van der Waals surface area contributed by atoms with Crippen LogP contribution >= 0.6 is 15.9 Å². The van der Waals surface area contributed by atoms with Gasteiger partial charge in [-0.1, -0.05) is 0 Å². The van der Waals surface area contributed by atoms with Crippen molar-refractivity contribution < 1.29 is 9.90 Å². The standard InChI is InChI=1S/C10H10BrNO2/c11-8-4-7-3-6(10(13)14)1-2-9(7)12-5-8/h4-6H,1-3H2,(H,13,14). The van der Waals surface area contributed by atoms with Crippen LogP contribution in [0.5, 0.6) is 0 Å². The highest BCUT2D eigenvalue weighted by molar-refractivity contribution is 9.10. The average Bonchev–Trinajstić information content (AvgIpc) is 2.16. The fraction of sp³-hybridized carbons (Fsp3) is 0.400. The zero-order chi connectivity index (χ0) is 10.1. The minimum absolute atomic E-state index is 0.237. The van der Waals surface area contributed by atoms with Gasteiger partial charge in [0.15, 0.2) is 0 Å². The van der Waals surface area contributed by atoms with Gasteiger partial charge in [-0.05, 0) is 46.8 Å². The van der Waals surface area contributed by atoms with Crippen molar-refractivity contribution >= 4 is 21.9 Å². The zero-order valence-electron chi connectivity index (χ0n) is 7.53. The molecule has 0 saturated carbocycles. The number of aryl methyl sites for hydroxylation is 1. The monoisotopic (exact) mass is 255 g/mol. The highest BCUT2D eigenvalue weighted by Crippen LogP contribution is 2.26. The van der Waals surface area contributed by atoms with Gasteiger partial charge >= 0.3 is 5.97 Å². The Balaban J connectivity index is 2.29. The van der Waals surface area contributed by atoms with Crippen LogP contribution < -0.4 is 0 Å². The van der Waals surface area contributed by atoms with Crippen LogP contribution in [0.3, 0.4) is 0 Å². The molecule has 2 rings (SSSR count). The highest BCUT2D eigenvalue weighted by atomic mass is 79.9. The Kier molecular flexibility index (Phi) is 2.54. The zero-order valence-corrected chi connectivity index (χ0v) is 9.12. The number of halogens is 1. The van der Waals surface area contributed by atoms with Crippen LogP contribution in [-0.2, 0) is 17.6 Å². The maximum Gasteiger partial charge on any atom is 0.306 e. The SMILES string of the molecule is O=C(O)C1CCc2ncc(Br)cc2C1. The Labute approximate surface area is 90.3 Å². The number of aromatic nitrogens is 1. The summed E-state index contributed by atoms with van der Waals surface area (Å²) in [4.78, 5) is 15.1. The maximum absolute atomic E-state index is 10.8. The molecule has 1 aliphatic carbocycles. The lowest BCUT2D eigenvalue weighted by molar-refractivity contribution is -0.142. The molecular weight excluding hydrogens is 246 g/mol. The molecular formula is C10H10BrNO2. The van der Waals surface area contributed by atoms with Crippen molar-refractivity contribution in [1.82, 2.24) is 4.98 Å². The van der Waals surface area contributed by atoms with E-state index in [0.29, 0.717) is 12.8 Å². The summed E-state index contributed by atoms with van der Waals surface area (Å²) in [5.41, 5.74) is 2.11. The van der Waals surface area contributed by atoms with E-state index in [1.165, 1.54) is 0 Å². The van der Waals surface area contributed by atoms with Crippen LogP contribution in [-0.4, -0.2) is 16.1 Å². The number of aliphatic carboxylic acids is 1. The summed E-state index contributed by atoms with van der Waals surface area (Å²) >= 11 is 3.34. The van der Waals surface area contributed by atoms with Crippen LogP contribution in [0, 0.1) is 5.92 Å². The summed E-state index contributed by atoms with van der Waals surface area (Å²) in [5, 5.41) is 8.90. The van der Waals surface area contributed by atoms with Gasteiger partial charge in [0.2, 0.25) is 0 Å². The molecule has 1 unspecified atom stereocenters. The summed E-state index contributed by atoms with van der Waals surface area (Å²) in [6.45, 7) is 0. The molecule has 0 amide bonds. The molecule has 1 heterocycles. The second-order valence-corrected chi connectivity index (χ2v) is 4.45. The Morgan fingerprint density at radius 1 is 1.64 bits per heavy atom. The number of hydrogen-bond acceptors (Lipinski definition) is 2. The lowest BCUT2D eigenvalue weighted by atomic mass is 9.87. The molecule has 74 valence electrons. The van der Waals surface area contributed by atoms with E-state index in [1.807, 2.05) is 6.07 Å². The van der Waals surface area contributed by atoms with Crippen molar-refractivity contribution in [1.29, 1.82) is 0 Å². The number of pyridine rings is 1. The summed E-state index contributed by atoms with van der Waals surface area (Å²) in [6, 6.07) is 1.97. The first-order chi connectivity index (χ1) is 6.66.